The summed E-state index contributed by atoms with van der Waals surface area (Å²) in [6, 6.07) is 38.4. The largest absolute Gasteiger partial charge is 0.432 e. The Morgan fingerprint density at radius 2 is 1.46 bits per heavy atom. The number of para-hydroxylation sites is 2. The maximum Gasteiger partial charge on any atom is 0.264 e. The Balaban J connectivity index is 0.942. The second-order valence-electron chi connectivity index (χ2n) is 18.7. The van der Waals surface area contributed by atoms with Gasteiger partial charge in [0.2, 0.25) is 11.8 Å². The van der Waals surface area contributed by atoms with Crippen LogP contribution in [0.3, 0.4) is 0 Å². The molecule has 0 radical (unpaired) electrons. The van der Waals surface area contributed by atoms with E-state index < -0.39 is 25.9 Å². The fourth-order valence-electron chi connectivity index (χ4n) is 10.7. The molecule has 5 heterocycles. The van der Waals surface area contributed by atoms with Crippen molar-refractivity contribution in [3.8, 4) is 0 Å². The molecule has 68 heavy (non-hydrogen) atoms. The lowest BCUT2D eigenvalue weighted by Gasteiger charge is -2.32. The number of hydrogen-bond donors (Lipinski definition) is 6. The fourth-order valence-corrected chi connectivity index (χ4v) is 13.3. The van der Waals surface area contributed by atoms with Crippen LogP contribution in [0.1, 0.15) is 52.8 Å². The van der Waals surface area contributed by atoms with E-state index in [0.717, 1.165) is 44.1 Å². The quantitative estimate of drug-likeness (QED) is 0.0555. The molecule has 6 N–H and O–H groups in total. The normalized spacial score (nSPS) is 19.5. The van der Waals surface area contributed by atoms with E-state index in [1.165, 1.54) is 0 Å². The van der Waals surface area contributed by atoms with Gasteiger partial charge >= 0.3 is 0 Å². The number of aliphatic hydroxyl groups is 1. The fraction of sp³-hybridized carbons (Fsp3) is 0.264. The van der Waals surface area contributed by atoms with Crippen LogP contribution >= 0.6 is 0 Å². The average molecular weight is 927 g/mol. The molecule has 5 atom stereocenters. The lowest BCUT2D eigenvalue weighted by atomic mass is 9.82. The summed E-state index contributed by atoms with van der Waals surface area (Å²) in [5.74, 6) is -1.45. The summed E-state index contributed by atoms with van der Waals surface area (Å²) in [6.45, 7) is 6.21. The number of anilines is 3. The smallest absolute Gasteiger partial charge is 0.264 e. The standard InChI is InChI=1S/C53H54N8O6Si/c1-33-51(68(2,3)66)48(22-23-60-31-46(58-59-60)42(32-62)35-13-5-4-6-14-35)67-53(33)43-27-39(57-50(64)26-37-29-55-45-19-10-8-17-41(37)45)20-21-47(43)61(52(53)65)30-34-12-11-15-38(24-34)56-49(63)25-36-28-54-44-18-9-7-16-40(36)44/h4-21,24,27-29,31,33,42,48,51,54-55,62,66H,22-23,25-26,30,32H2,1-3H3,(H,56,63)(H,57,64)/t33-,42?,48+,51-,53+/m0/s1. The van der Waals surface area contributed by atoms with E-state index in [9.17, 15) is 19.5 Å². The zero-order valence-electron chi connectivity index (χ0n) is 38.1. The van der Waals surface area contributed by atoms with Gasteiger partial charge in [0, 0.05) is 75.3 Å². The van der Waals surface area contributed by atoms with Crippen molar-refractivity contribution in [2.24, 2.45) is 5.92 Å². The molecule has 10 rings (SSSR count). The van der Waals surface area contributed by atoms with Gasteiger partial charge in [-0.05, 0) is 84.2 Å². The van der Waals surface area contributed by atoms with Gasteiger partial charge in [-0.1, -0.05) is 91.0 Å². The zero-order valence-corrected chi connectivity index (χ0v) is 39.1. The summed E-state index contributed by atoms with van der Waals surface area (Å²) in [5.41, 5.74) is 6.55. The van der Waals surface area contributed by atoms with Crippen molar-refractivity contribution in [1.82, 2.24) is 25.0 Å². The Kier molecular flexibility index (Phi) is 11.9. The molecule has 0 saturated carbocycles. The van der Waals surface area contributed by atoms with Gasteiger partial charge < -0.3 is 40.1 Å². The molecule has 3 amide bonds. The first-order valence-electron chi connectivity index (χ1n) is 23.1. The first-order valence-corrected chi connectivity index (χ1v) is 26.1. The highest BCUT2D eigenvalue weighted by atomic mass is 28.4. The summed E-state index contributed by atoms with van der Waals surface area (Å²) in [5, 5.41) is 27.3. The molecule has 1 unspecified atom stereocenters. The Labute approximate surface area is 394 Å². The predicted molar refractivity (Wildman–Crippen MR) is 265 cm³/mol. The van der Waals surface area contributed by atoms with Gasteiger partial charge in [-0.15, -0.1) is 5.10 Å². The van der Waals surface area contributed by atoms with Gasteiger partial charge in [-0.2, -0.15) is 0 Å². The van der Waals surface area contributed by atoms with Gasteiger partial charge in [0.25, 0.3) is 5.91 Å². The van der Waals surface area contributed by atoms with E-state index in [4.69, 9.17) is 4.74 Å². The Hall–Kier alpha value is -7.17. The van der Waals surface area contributed by atoms with E-state index >= 15 is 4.79 Å². The Bertz CT molecular complexity index is 3160. The highest BCUT2D eigenvalue weighted by Gasteiger charge is 2.66. The minimum atomic E-state index is -3.04. The SMILES string of the molecule is C[C@H]1[C@H]([Si](C)(C)O)[C@@H](CCn2cc(C(CO)c3ccccc3)nn2)O[C@]12C(=O)N(Cc1cccc(NC(=O)Cc3c[nH]c4ccccc34)c1)c1ccc(NC(=O)Cc3c[nH]c4ccccc34)cc12. The van der Waals surface area contributed by atoms with Crippen molar-refractivity contribution in [2.45, 2.75) is 75.5 Å². The number of H-pyrrole nitrogens is 2. The average Bonchev–Trinajstić information content (AvgIpc) is 4.16. The summed E-state index contributed by atoms with van der Waals surface area (Å²) >= 11 is 0. The third-order valence-electron chi connectivity index (χ3n) is 13.8. The topological polar surface area (TPSA) is 190 Å². The van der Waals surface area contributed by atoms with Crippen LogP contribution in [-0.4, -0.2) is 73.6 Å². The number of carbonyl (C=O) groups is 3. The molecule has 2 aliphatic rings. The predicted octanol–water partition coefficient (Wildman–Crippen LogP) is 8.16. The maximum atomic E-state index is 15.5. The minimum Gasteiger partial charge on any atom is -0.432 e. The van der Waals surface area contributed by atoms with E-state index in [-0.39, 0.29) is 55.2 Å². The molecule has 1 spiro atoms. The molecule has 0 bridgehead atoms. The van der Waals surface area contributed by atoms with Crippen LogP contribution in [-0.2, 0) is 50.7 Å². The molecule has 15 heteroatoms. The molecule has 5 aromatic carbocycles. The number of aliphatic hydroxyl groups excluding tert-OH is 1. The monoisotopic (exact) mass is 926 g/mol. The number of nitrogens with one attached hydrogen (secondary N) is 4. The van der Waals surface area contributed by atoms with Crippen LogP contribution < -0.4 is 15.5 Å². The van der Waals surface area contributed by atoms with E-state index in [2.05, 4.69) is 30.9 Å². The number of rotatable bonds is 15. The van der Waals surface area contributed by atoms with Gasteiger partial charge in [0.15, 0.2) is 13.9 Å². The van der Waals surface area contributed by atoms with Crippen molar-refractivity contribution in [2.75, 3.05) is 22.1 Å². The molecule has 14 nitrogen and oxygen atoms in total. The third kappa shape index (κ3) is 8.42. The molecule has 1 fully saturated rings. The molecule has 1 saturated heterocycles. The number of nitrogens with zero attached hydrogens (tertiary/aromatic N) is 4. The number of amides is 3. The molecular formula is C53H54N8O6Si. The van der Waals surface area contributed by atoms with Gasteiger partial charge in [0.1, 0.15) is 0 Å². The molecule has 0 aliphatic carbocycles. The van der Waals surface area contributed by atoms with E-state index in [1.54, 1.807) is 9.58 Å². The van der Waals surface area contributed by atoms with Crippen molar-refractivity contribution < 1.29 is 29.0 Å². The maximum absolute atomic E-state index is 15.5. The van der Waals surface area contributed by atoms with Gasteiger partial charge in [-0.3, -0.25) is 19.1 Å². The first-order chi connectivity index (χ1) is 32.9. The summed E-state index contributed by atoms with van der Waals surface area (Å²) in [7, 11) is -3.04. The van der Waals surface area contributed by atoms with Crippen LogP contribution in [0.5, 0.6) is 0 Å². The second kappa shape index (κ2) is 18.1. The number of aromatic amines is 2. The van der Waals surface area contributed by atoms with Crippen molar-refractivity contribution in [3.63, 3.8) is 0 Å². The number of ether oxygens (including phenoxy) is 1. The zero-order chi connectivity index (χ0) is 47.2. The third-order valence-corrected chi connectivity index (χ3v) is 16.3. The lowest BCUT2D eigenvalue weighted by molar-refractivity contribution is -0.146. The molecule has 2 aliphatic heterocycles. The number of carbonyl (C=O) groups excluding carboxylic acids is 3. The van der Waals surface area contributed by atoms with Crippen molar-refractivity contribution in [3.05, 3.63) is 173 Å². The van der Waals surface area contributed by atoms with E-state index in [1.807, 2.05) is 160 Å². The van der Waals surface area contributed by atoms with Crippen LogP contribution in [0.2, 0.25) is 18.6 Å². The highest BCUT2D eigenvalue weighted by Crippen LogP contribution is 2.60. The minimum absolute atomic E-state index is 0.130. The van der Waals surface area contributed by atoms with Gasteiger partial charge in [-0.25, -0.2) is 0 Å². The van der Waals surface area contributed by atoms with Crippen LogP contribution in [0.15, 0.2) is 140 Å². The summed E-state index contributed by atoms with van der Waals surface area (Å²) < 4.78 is 8.92. The Morgan fingerprint density at radius 3 is 2.10 bits per heavy atom. The number of aryl methyl sites for hydroxylation is 1. The lowest BCUT2D eigenvalue weighted by Crippen LogP contribution is -2.46. The second-order valence-corrected chi connectivity index (χ2v) is 22.7. The molecule has 3 aromatic heterocycles. The van der Waals surface area contributed by atoms with Crippen molar-refractivity contribution >= 4 is 64.9 Å². The first kappa shape index (κ1) is 44.7. The summed E-state index contributed by atoms with van der Waals surface area (Å²) in [4.78, 5) is 62.8. The van der Waals surface area contributed by atoms with Crippen LogP contribution in [0.25, 0.3) is 21.8 Å². The van der Waals surface area contributed by atoms with Crippen molar-refractivity contribution in [1.29, 1.82) is 0 Å². The van der Waals surface area contributed by atoms with Gasteiger partial charge in [0.05, 0.1) is 49.4 Å². The number of aromatic nitrogens is 5. The number of fused-ring (bicyclic) bond motifs is 4. The highest BCUT2D eigenvalue weighted by molar-refractivity contribution is 6.71. The van der Waals surface area contributed by atoms with Crippen LogP contribution in [0.4, 0.5) is 17.1 Å². The Morgan fingerprint density at radius 1 is 0.824 bits per heavy atom. The number of benzene rings is 5. The molecule has 346 valence electrons. The summed E-state index contributed by atoms with van der Waals surface area (Å²) in [6.07, 6.45) is 5.76. The molecular weight excluding hydrogens is 873 g/mol. The van der Waals surface area contributed by atoms with E-state index in [0.29, 0.717) is 41.3 Å². The van der Waals surface area contributed by atoms with Crippen LogP contribution in [0, 0.1) is 5.92 Å². The molecule has 8 aromatic rings. The number of hydrogen-bond acceptors (Lipinski definition) is 8.